The van der Waals surface area contributed by atoms with Crippen molar-refractivity contribution in [3.05, 3.63) is 66.1 Å². The highest BCUT2D eigenvalue weighted by Gasteiger charge is 2.14. The quantitative estimate of drug-likeness (QED) is 0.615. The van der Waals surface area contributed by atoms with Crippen LogP contribution in [-0.4, -0.2) is 19.7 Å². The van der Waals surface area contributed by atoms with Crippen molar-refractivity contribution < 1.29 is 0 Å². The minimum atomic E-state index is 0.637. The first-order valence-corrected chi connectivity index (χ1v) is 7.26. The van der Waals surface area contributed by atoms with Gasteiger partial charge in [-0.05, 0) is 37.3 Å². The number of aromatic amines is 1. The second-order valence-electron chi connectivity index (χ2n) is 5.29. The molecule has 4 aromatic rings. The first kappa shape index (κ1) is 13.3. The fraction of sp³-hybridized carbons (Fsp3) is 0.0556. The van der Waals surface area contributed by atoms with Gasteiger partial charge < -0.3 is 4.98 Å². The molecular weight excluding hydrogens is 286 g/mol. The number of nitrogens with zero attached hydrogens (tertiary/aromatic N) is 4. The summed E-state index contributed by atoms with van der Waals surface area (Å²) < 4.78 is 1.90. The summed E-state index contributed by atoms with van der Waals surface area (Å²) in [5, 5.41) is 14.7. The van der Waals surface area contributed by atoms with Crippen LogP contribution in [0, 0.1) is 18.3 Å². The molecule has 0 bridgehead atoms. The maximum absolute atomic E-state index is 8.93. The number of imidazole rings is 1. The van der Waals surface area contributed by atoms with Gasteiger partial charge in [0.25, 0.3) is 0 Å². The first-order chi connectivity index (χ1) is 11.3. The fourth-order valence-electron chi connectivity index (χ4n) is 2.83. The number of nitriles is 1. The predicted octanol–water partition coefficient (Wildman–Crippen LogP) is 3.60. The number of aromatic nitrogens is 4. The van der Waals surface area contributed by atoms with E-state index in [2.05, 4.69) is 21.1 Å². The second-order valence-corrected chi connectivity index (χ2v) is 5.29. The van der Waals surface area contributed by atoms with Gasteiger partial charge in [-0.3, -0.25) is 0 Å². The van der Waals surface area contributed by atoms with Crippen LogP contribution in [0.15, 0.2) is 54.9 Å². The zero-order chi connectivity index (χ0) is 15.8. The maximum Gasteiger partial charge on any atom is 0.138 e. The first-order valence-electron chi connectivity index (χ1n) is 7.26. The Kier molecular flexibility index (Phi) is 2.95. The van der Waals surface area contributed by atoms with Gasteiger partial charge in [0.1, 0.15) is 5.82 Å². The number of nitrogens with one attached hydrogen (secondary N) is 1. The smallest absolute Gasteiger partial charge is 0.138 e. The Balaban J connectivity index is 1.96. The van der Waals surface area contributed by atoms with Crippen LogP contribution in [0.5, 0.6) is 0 Å². The molecule has 0 fully saturated rings. The molecule has 2 aromatic heterocycles. The van der Waals surface area contributed by atoms with Crippen LogP contribution >= 0.6 is 0 Å². The van der Waals surface area contributed by atoms with Crippen molar-refractivity contribution in [1.82, 2.24) is 19.7 Å². The van der Waals surface area contributed by atoms with E-state index in [-0.39, 0.29) is 0 Å². The van der Waals surface area contributed by atoms with Crippen LogP contribution in [0.1, 0.15) is 11.3 Å². The Labute approximate surface area is 132 Å². The third kappa shape index (κ3) is 2.09. The summed E-state index contributed by atoms with van der Waals surface area (Å²) in [6, 6.07) is 15.6. The van der Waals surface area contributed by atoms with Crippen molar-refractivity contribution in [3.63, 3.8) is 0 Å². The molecule has 0 spiro atoms. The van der Waals surface area contributed by atoms with Gasteiger partial charge in [-0.2, -0.15) is 10.4 Å². The van der Waals surface area contributed by atoms with Gasteiger partial charge in [-0.25, -0.2) is 9.67 Å². The van der Waals surface area contributed by atoms with Crippen molar-refractivity contribution in [2.45, 2.75) is 6.92 Å². The molecule has 2 aromatic carbocycles. The normalized spacial score (nSPS) is 10.8. The van der Waals surface area contributed by atoms with Crippen LogP contribution in [0.2, 0.25) is 0 Å². The van der Waals surface area contributed by atoms with Crippen molar-refractivity contribution in [1.29, 1.82) is 5.26 Å². The second kappa shape index (κ2) is 5.11. The summed E-state index contributed by atoms with van der Waals surface area (Å²) in [5.74, 6) is 0.832. The predicted molar refractivity (Wildman–Crippen MR) is 88.1 cm³/mol. The SMILES string of the molecule is Cc1nn(-c2ccc(C#N)cc2)c2cccc(-c3ncc[nH]3)c12. The van der Waals surface area contributed by atoms with Crippen molar-refractivity contribution in [3.8, 4) is 23.1 Å². The fourth-order valence-corrected chi connectivity index (χ4v) is 2.83. The Morgan fingerprint density at radius 3 is 2.65 bits per heavy atom. The molecule has 2 heterocycles. The van der Waals surface area contributed by atoms with E-state index in [0.29, 0.717) is 5.56 Å². The van der Waals surface area contributed by atoms with Crippen LogP contribution in [0.4, 0.5) is 0 Å². The van der Waals surface area contributed by atoms with Gasteiger partial charge in [-0.15, -0.1) is 0 Å². The third-order valence-corrected chi connectivity index (χ3v) is 3.88. The maximum atomic E-state index is 8.93. The number of rotatable bonds is 2. The molecule has 0 saturated carbocycles. The summed E-state index contributed by atoms with van der Waals surface area (Å²) in [6.07, 6.45) is 3.56. The number of H-pyrrole nitrogens is 1. The Hall–Kier alpha value is -3.39. The van der Waals surface area contributed by atoms with E-state index < -0.39 is 0 Å². The summed E-state index contributed by atoms with van der Waals surface area (Å²) in [6.45, 7) is 1.99. The summed E-state index contributed by atoms with van der Waals surface area (Å²) in [4.78, 5) is 7.51. The van der Waals surface area contributed by atoms with Crippen LogP contribution in [0.3, 0.4) is 0 Å². The van der Waals surface area contributed by atoms with Crippen LogP contribution in [0.25, 0.3) is 28.0 Å². The molecule has 0 radical (unpaired) electrons. The van der Waals surface area contributed by atoms with Crippen LogP contribution in [-0.2, 0) is 0 Å². The molecule has 5 heteroatoms. The zero-order valence-corrected chi connectivity index (χ0v) is 12.5. The lowest BCUT2D eigenvalue weighted by Gasteiger charge is -2.04. The molecule has 0 amide bonds. The van der Waals surface area contributed by atoms with E-state index in [4.69, 9.17) is 5.26 Å². The molecule has 23 heavy (non-hydrogen) atoms. The number of hydrogen-bond acceptors (Lipinski definition) is 3. The molecule has 110 valence electrons. The lowest BCUT2D eigenvalue weighted by Crippen LogP contribution is -1.96. The molecule has 1 N–H and O–H groups in total. The van der Waals surface area contributed by atoms with E-state index in [1.54, 1.807) is 18.3 Å². The van der Waals surface area contributed by atoms with Gasteiger partial charge >= 0.3 is 0 Å². The number of fused-ring (bicyclic) bond motifs is 1. The molecule has 0 aliphatic heterocycles. The summed E-state index contributed by atoms with van der Waals surface area (Å²) >= 11 is 0. The highest BCUT2D eigenvalue weighted by molar-refractivity contribution is 5.96. The third-order valence-electron chi connectivity index (χ3n) is 3.88. The van der Waals surface area contributed by atoms with Gasteiger partial charge in [0, 0.05) is 23.3 Å². The zero-order valence-electron chi connectivity index (χ0n) is 12.5. The Bertz CT molecular complexity index is 1020. The van der Waals surface area contributed by atoms with E-state index in [1.807, 2.05) is 48.1 Å². The number of benzene rings is 2. The molecule has 0 aliphatic carbocycles. The number of aryl methyl sites for hydroxylation is 1. The molecule has 0 unspecified atom stereocenters. The minimum absolute atomic E-state index is 0.637. The lowest BCUT2D eigenvalue weighted by molar-refractivity contribution is 0.889. The standard InChI is InChI=1S/C18H13N5/c1-12-17-15(18-20-9-10-21-18)3-2-4-16(17)23(22-12)14-7-5-13(11-19)6-8-14/h2-10H,1H3,(H,20,21). The number of hydrogen-bond donors (Lipinski definition) is 1. The van der Waals surface area contributed by atoms with E-state index in [9.17, 15) is 0 Å². The largest absolute Gasteiger partial charge is 0.345 e. The monoisotopic (exact) mass is 299 g/mol. The average molecular weight is 299 g/mol. The molecule has 4 rings (SSSR count). The highest BCUT2D eigenvalue weighted by Crippen LogP contribution is 2.30. The topological polar surface area (TPSA) is 70.3 Å². The highest BCUT2D eigenvalue weighted by atomic mass is 15.3. The minimum Gasteiger partial charge on any atom is -0.345 e. The summed E-state index contributed by atoms with van der Waals surface area (Å²) in [5.41, 5.74) is 4.55. The van der Waals surface area contributed by atoms with Crippen molar-refractivity contribution >= 4 is 10.9 Å². The lowest BCUT2D eigenvalue weighted by atomic mass is 10.1. The Morgan fingerprint density at radius 1 is 1.13 bits per heavy atom. The molecule has 0 saturated heterocycles. The Morgan fingerprint density at radius 2 is 1.96 bits per heavy atom. The average Bonchev–Trinajstić information content (AvgIpc) is 3.23. The molecule has 0 atom stereocenters. The molecule has 0 aliphatic rings. The van der Waals surface area contributed by atoms with E-state index in [1.165, 1.54) is 0 Å². The summed E-state index contributed by atoms with van der Waals surface area (Å²) in [7, 11) is 0. The molecular formula is C18H13N5. The van der Waals surface area contributed by atoms with Crippen LogP contribution < -0.4 is 0 Å². The van der Waals surface area contributed by atoms with Crippen molar-refractivity contribution in [2.24, 2.45) is 0 Å². The van der Waals surface area contributed by atoms with E-state index >= 15 is 0 Å². The van der Waals surface area contributed by atoms with Gasteiger partial charge in [0.15, 0.2) is 0 Å². The molecule has 5 nitrogen and oxygen atoms in total. The van der Waals surface area contributed by atoms with Gasteiger partial charge in [0.05, 0.1) is 28.5 Å². The van der Waals surface area contributed by atoms with Gasteiger partial charge in [-0.1, -0.05) is 12.1 Å². The van der Waals surface area contributed by atoms with E-state index in [0.717, 1.165) is 33.7 Å². The van der Waals surface area contributed by atoms with Gasteiger partial charge in [0.2, 0.25) is 0 Å². The van der Waals surface area contributed by atoms with Crippen molar-refractivity contribution in [2.75, 3.05) is 0 Å².